The number of likely N-dealkylation sites (tertiary alicyclic amines) is 1. The van der Waals surface area contributed by atoms with E-state index in [0.29, 0.717) is 17.2 Å². The summed E-state index contributed by atoms with van der Waals surface area (Å²) in [6.45, 7) is 3.60. The second-order valence-electron chi connectivity index (χ2n) is 10.8. The third-order valence-corrected chi connectivity index (χ3v) is 8.82. The molecule has 1 heterocycles. The van der Waals surface area contributed by atoms with Crippen molar-refractivity contribution in [3.05, 3.63) is 107 Å². The van der Waals surface area contributed by atoms with E-state index in [1.54, 1.807) is 12.3 Å². The van der Waals surface area contributed by atoms with Gasteiger partial charge in [0.2, 0.25) is 5.91 Å². The van der Waals surface area contributed by atoms with Gasteiger partial charge in [-0.25, -0.2) is 0 Å². The van der Waals surface area contributed by atoms with Crippen LogP contribution in [0.15, 0.2) is 91.2 Å². The van der Waals surface area contributed by atoms with E-state index in [0.717, 1.165) is 49.2 Å². The molecule has 1 saturated heterocycles. The molecule has 0 radical (unpaired) electrons. The van der Waals surface area contributed by atoms with Crippen molar-refractivity contribution in [3.63, 3.8) is 0 Å². The molecule has 6 heteroatoms. The maximum absolute atomic E-state index is 13.3. The van der Waals surface area contributed by atoms with E-state index in [1.165, 1.54) is 12.8 Å². The van der Waals surface area contributed by atoms with Crippen molar-refractivity contribution >= 4 is 17.5 Å². The van der Waals surface area contributed by atoms with E-state index >= 15 is 0 Å². The van der Waals surface area contributed by atoms with Crippen LogP contribution < -0.4 is 15.2 Å². The molecule has 5 rings (SSSR count). The average molecular weight is 545 g/mol. The lowest BCUT2D eigenvalue weighted by Gasteiger charge is -2.51. The van der Waals surface area contributed by atoms with Crippen LogP contribution in [0.1, 0.15) is 56.6 Å². The topological polar surface area (TPSA) is 64.8 Å². The van der Waals surface area contributed by atoms with Crippen molar-refractivity contribution in [2.45, 2.75) is 62.5 Å². The highest BCUT2D eigenvalue weighted by Crippen LogP contribution is 2.46. The number of hydrogen-bond acceptors (Lipinski definition) is 4. The highest BCUT2D eigenvalue weighted by molar-refractivity contribution is 6.32. The Labute approximate surface area is 236 Å². The normalized spacial score (nSPS) is 17.7. The number of rotatable bonds is 11. The number of halogens is 1. The highest BCUT2D eigenvalue weighted by Gasteiger charge is 2.49. The molecule has 3 aromatic carbocycles. The summed E-state index contributed by atoms with van der Waals surface area (Å²) in [5.41, 5.74) is 7.34. The minimum atomic E-state index is -0.870. The number of hydrogen-bond donors (Lipinski definition) is 1. The number of amides is 1. The Hall–Kier alpha value is -3.28. The molecule has 0 unspecified atom stereocenters. The molecule has 0 aromatic heterocycles. The van der Waals surface area contributed by atoms with Gasteiger partial charge in [-0.05, 0) is 55.9 Å². The molecular weight excluding hydrogens is 508 g/mol. The molecule has 204 valence electrons. The lowest BCUT2D eigenvalue weighted by Crippen LogP contribution is -2.63. The molecule has 1 aliphatic carbocycles. The van der Waals surface area contributed by atoms with Crippen LogP contribution in [0.25, 0.3) is 0 Å². The molecule has 1 saturated carbocycles. The van der Waals surface area contributed by atoms with E-state index in [-0.39, 0.29) is 17.6 Å². The Balaban J connectivity index is 1.33. The van der Waals surface area contributed by atoms with Gasteiger partial charge in [-0.1, -0.05) is 91.2 Å². The first-order valence-electron chi connectivity index (χ1n) is 13.9. The van der Waals surface area contributed by atoms with Gasteiger partial charge in [0.25, 0.3) is 0 Å². The standard InChI is InChI=1S/C33H37ClN2O3/c1-2-21-38-30-22-27(15-16-29(30)34)39-28-23-36(24-28)32(17-9-10-18-32)19-20-33(31(35)37,25-11-5-3-6-12-25)26-13-7-4-8-14-26/h2-8,11-16,21-22,28H,9-10,17-20,23-24H2,1H3,(H2,35,37). The van der Waals surface area contributed by atoms with Gasteiger partial charge in [0, 0.05) is 24.7 Å². The van der Waals surface area contributed by atoms with Gasteiger partial charge in [0.15, 0.2) is 0 Å². The Morgan fingerprint density at radius 3 is 2.21 bits per heavy atom. The third-order valence-electron chi connectivity index (χ3n) is 8.51. The zero-order chi connectivity index (χ0) is 27.3. The van der Waals surface area contributed by atoms with E-state index in [2.05, 4.69) is 4.90 Å². The summed E-state index contributed by atoms with van der Waals surface area (Å²) in [7, 11) is 0. The number of carbonyl (C=O) groups is 1. The van der Waals surface area contributed by atoms with Gasteiger partial charge in [-0.2, -0.15) is 0 Å². The maximum Gasteiger partial charge on any atom is 0.232 e. The van der Waals surface area contributed by atoms with Gasteiger partial charge in [0.1, 0.15) is 17.6 Å². The molecular formula is C33H37ClN2O3. The Kier molecular flexibility index (Phi) is 8.29. The number of nitrogens with zero attached hydrogens (tertiary/aromatic N) is 1. The first kappa shape index (κ1) is 27.3. The Morgan fingerprint density at radius 1 is 1.03 bits per heavy atom. The molecule has 3 aromatic rings. The van der Waals surface area contributed by atoms with Crippen molar-refractivity contribution in [2.24, 2.45) is 5.73 Å². The van der Waals surface area contributed by atoms with E-state index < -0.39 is 5.41 Å². The molecule has 0 atom stereocenters. The van der Waals surface area contributed by atoms with Crippen LogP contribution in [0.4, 0.5) is 0 Å². The summed E-state index contributed by atoms with van der Waals surface area (Å²) >= 11 is 6.27. The molecule has 2 aliphatic rings. The van der Waals surface area contributed by atoms with Gasteiger partial charge in [0.05, 0.1) is 16.7 Å². The average Bonchev–Trinajstić information content (AvgIpc) is 3.41. The van der Waals surface area contributed by atoms with Crippen molar-refractivity contribution in [3.8, 4) is 11.5 Å². The second-order valence-corrected chi connectivity index (χ2v) is 11.2. The molecule has 39 heavy (non-hydrogen) atoms. The number of carbonyl (C=O) groups excluding carboxylic acids is 1. The maximum atomic E-state index is 13.3. The molecule has 0 bridgehead atoms. The lowest BCUT2D eigenvalue weighted by atomic mass is 9.68. The van der Waals surface area contributed by atoms with Gasteiger partial charge >= 0.3 is 0 Å². The van der Waals surface area contributed by atoms with Crippen molar-refractivity contribution in [1.82, 2.24) is 4.90 Å². The van der Waals surface area contributed by atoms with E-state index in [4.69, 9.17) is 26.8 Å². The van der Waals surface area contributed by atoms with Crippen molar-refractivity contribution < 1.29 is 14.3 Å². The zero-order valence-corrected chi connectivity index (χ0v) is 23.3. The zero-order valence-electron chi connectivity index (χ0n) is 22.5. The van der Waals surface area contributed by atoms with Crippen LogP contribution in [0.3, 0.4) is 0 Å². The summed E-state index contributed by atoms with van der Waals surface area (Å²) < 4.78 is 11.9. The first-order chi connectivity index (χ1) is 19.0. The largest absolute Gasteiger partial charge is 0.488 e. The van der Waals surface area contributed by atoms with Crippen LogP contribution in [0.5, 0.6) is 11.5 Å². The number of primary amides is 1. The predicted molar refractivity (Wildman–Crippen MR) is 156 cm³/mol. The summed E-state index contributed by atoms with van der Waals surface area (Å²) in [6, 6.07) is 25.6. The van der Waals surface area contributed by atoms with Crippen LogP contribution in [-0.4, -0.2) is 35.5 Å². The fourth-order valence-electron chi connectivity index (χ4n) is 6.37. The number of benzene rings is 3. The fraction of sp³-hybridized carbons (Fsp3) is 0.364. The van der Waals surface area contributed by atoms with Crippen LogP contribution >= 0.6 is 11.6 Å². The van der Waals surface area contributed by atoms with Crippen LogP contribution in [0, 0.1) is 0 Å². The van der Waals surface area contributed by atoms with E-state index in [9.17, 15) is 4.79 Å². The molecule has 0 spiro atoms. The van der Waals surface area contributed by atoms with Crippen LogP contribution in [-0.2, 0) is 10.2 Å². The minimum absolute atomic E-state index is 0.0459. The minimum Gasteiger partial charge on any atom is -0.488 e. The lowest BCUT2D eigenvalue weighted by molar-refractivity contribution is -0.123. The van der Waals surface area contributed by atoms with Gasteiger partial charge in [-0.15, -0.1) is 0 Å². The smallest absolute Gasteiger partial charge is 0.232 e. The second kappa shape index (κ2) is 11.8. The van der Waals surface area contributed by atoms with Crippen LogP contribution in [0.2, 0.25) is 5.02 Å². The summed E-state index contributed by atoms with van der Waals surface area (Å²) in [5, 5.41) is 0.551. The van der Waals surface area contributed by atoms with Crippen molar-refractivity contribution in [2.75, 3.05) is 13.1 Å². The first-order valence-corrected chi connectivity index (χ1v) is 14.2. The number of nitrogens with two attached hydrogens (primary N) is 1. The van der Waals surface area contributed by atoms with E-state index in [1.807, 2.05) is 85.8 Å². The van der Waals surface area contributed by atoms with Gasteiger partial charge in [-0.3, -0.25) is 9.69 Å². The summed E-state index contributed by atoms with van der Waals surface area (Å²) in [6.07, 6.45) is 9.74. The molecule has 2 fully saturated rings. The third kappa shape index (κ3) is 5.57. The SMILES string of the molecule is CC=COc1cc(OC2CN(C3(CCC(C(N)=O)(c4ccccc4)c4ccccc4)CCCC3)C2)ccc1Cl. The van der Waals surface area contributed by atoms with Gasteiger partial charge < -0.3 is 15.2 Å². The number of allylic oxidation sites excluding steroid dienone is 1. The molecule has 5 nitrogen and oxygen atoms in total. The predicted octanol–water partition coefficient (Wildman–Crippen LogP) is 6.88. The van der Waals surface area contributed by atoms with Crippen molar-refractivity contribution in [1.29, 1.82) is 0 Å². The quantitative estimate of drug-likeness (QED) is 0.267. The summed E-state index contributed by atoms with van der Waals surface area (Å²) in [4.78, 5) is 15.9. The Morgan fingerprint density at radius 2 is 1.64 bits per heavy atom. The fourth-order valence-corrected chi connectivity index (χ4v) is 6.53. The monoisotopic (exact) mass is 544 g/mol. The molecule has 1 aliphatic heterocycles. The summed E-state index contributed by atoms with van der Waals surface area (Å²) in [5.74, 6) is 1.04. The number of ether oxygens (including phenoxy) is 2. The Bertz CT molecular complexity index is 1240. The highest BCUT2D eigenvalue weighted by atomic mass is 35.5. The molecule has 2 N–H and O–H groups in total. The molecule has 1 amide bonds.